The van der Waals surface area contributed by atoms with Crippen LogP contribution in [0.5, 0.6) is 11.5 Å². The number of pyridine rings is 2. The number of hydrogen-bond donors (Lipinski definition) is 3. The summed E-state index contributed by atoms with van der Waals surface area (Å²) in [6, 6.07) is 16.9. The number of anilines is 2. The molecular weight excluding hydrogens is 836 g/mol. The second-order valence-electron chi connectivity index (χ2n) is 16.4. The van der Waals surface area contributed by atoms with Crippen LogP contribution in [0.25, 0.3) is 16.6 Å². The van der Waals surface area contributed by atoms with E-state index >= 15 is 0 Å². The SMILES string of the molecule is O=C(NS(=O)(=O)c1ccc(NC[C@H]2COCCO2)c([N+](=O)[O-])c1)c1cc(N2CCN(CC3=C(c4ccc(Cl)cc4)CC4(CCC4)CC3)CC2)c(Oc2cnc3[nH]ccc3c2)cn1. The number of aromatic amines is 1. The maximum atomic E-state index is 13.7. The molecule has 0 radical (unpaired) electrons. The summed E-state index contributed by atoms with van der Waals surface area (Å²) in [6.07, 6.45) is 11.7. The number of piperazine rings is 1. The highest BCUT2D eigenvalue weighted by Crippen LogP contribution is 2.55. The van der Waals surface area contributed by atoms with Gasteiger partial charge in [0, 0.05) is 61.9 Å². The fourth-order valence-electron chi connectivity index (χ4n) is 8.88. The number of halogens is 1. The lowest BCUT2D eigenvalue weighted by Gasteiger charge is -2.47. The van der Waals surface area contributed by atoms with Crippen molar-refractivity contribution in [3.8, 4) is 11.5 Å². The number of aromatic nitrogens is 3. The first kappa shape index (κ1) is 41.7. The minimum Gasteiger partial charge on any atom is -0.452 e. The van der Waals surface area contributed by atoms with Gasteiger partial charge in [-0.25, -0.2) is 23.1 Å². The van der Waals surface area contributed by atoms with Crippen LogP contribution in [0.1, 0.15) is 54.6 Å². The van der Waals surface area contributed by atoms with Crippen molar-refractivity contribution in [2.45, 2.75) is 49.5 Å². The Balaban J connectivity index is 0.936. The molecular formula is C44H47ClN8O8S. The third-order valence-electron chi connectivity index (χ3n) is 12.5. The highest BCUT2D eigenvalue weighted by atomic mass is 35.5. The summed E-state index contributed by atoms with van der Waals surface area (Å²) >= 11 is 6.28. The molecule has 5 heterocycles. The number of hydrogen-bond acceptors (Lipinski definition) is 13. The predicted octanol–water partition coefficient (Wildman–Crippen LogP) is 7.19. The van der Waals surface area contributed by atoms with Crippen LogP contribution in [0.15, 0.2) is 89.7 Å². The topological polar surface area (TPSA) is 194 Å². The molecule has 324 valence electrons. The van der Waals surface area contributed by atoms with Gasteiger partial charge in [0.1, 0.15) is 22.8 Å². The van der Waals surface area contributed by atoms with Crippen molar-refractivity contribution < 1.29 is 32.3 Å². The largest absolute Gasteiger partial charge is 0.452 e. The number of nitrogens with zero attached hydrogens (tertiary/aromatic N) is 5. The molecule has 62 heavy (non-hydrogen) atoms. The predicted molar refractivity (Wildman–Crippen MR) is 234 cm³/mol. The molecule has 3 aromatic heterocycles. The third-order valence-corrected chi connectivity index (χ3v) is 14.0. The van der Waals surface area contributed by atoms with E-state index in [0.717, 1.165) is 49.0 Å². The number of nitrogens with one attached hydrogen (secondary N) is 3. The number of H-pyrrole nitrogens is 1. The maximum absolute atomic E-state index is 13.7. The Labute approximate surface area is 363 Å². The number of ether oxygens (including phenoxy) is 3. The van der Waals surface area contributed by atoms with Crippen molar-refractivity contribution in [2.24, 2.45) is 5.41 Å². The second kappa shape index (κ2) is 17.6. The Bertz CT molecular complexity index is 2620. The number of allylic oxidation sites excluding steroid dienone is 1. The van der Waals surface area contributed by atoms with E-state index in [1.807, 2.05) is 24.3 Å². The summed E-state index contributed by atoms with van der Waals surface area (Å²) in [5.74, 6) is -0.181. The lowest BCUT2D eigenvalue weighted by Crippen LogP contribution is -2.47. The number of carbonyl (C=O) groups excluding carboxylic acids is 1. The van der Waals surface area contributed by atoms with Crippen molar-refractivity contribution in [1.82, 2.24) is 24.6 Å². The quantitative estimate of drug-likeness (QED) is 0.0796. The number of sulfonamides is 1. The Kier molecular flexibility index (Phi) is 11.9. The zero-order valence-corrected chi connectivity index (χ0v) is 35.6. The van der Waals surface area contributed by atoms with Gasteiger partial charge in [-0.2, -0.15) is 0 Å². The van der Waals surface area contributed by atoms with Crippen LogP contribution in [0.3, 0.4) is 0 Å². The molecule has 16 nitrogen and oxygen atoms in total. The third kappa shape index (κ3) is 9.13. The molecule has 18 heteroatoms. The van der Waals surface area contributed by atoms with E-state index in [1.165, 1.54) is 66.8 Å². The normalized spacial score (nSPS) is 19.3. The fraction of sp³-hybridized carbons (Fsp3) is 0.386. The molecule has 1 spiro atoms. The van der Waals surface area contributed by atoms with Crippen LogP contribution >= 0.6 is 11.6 Å². The monoisotopic (exact) mass is 882 g/mol. The molecule has 0 bridgehead atoms. The summed E-state index contributed by atoms with van der Waals surface area (Å²) in [6.45, 7) is 4.95. The highest BCUT2D eigenvalue weighted by Gasteiger charge is 2.41. The smallest absolute Gasteiger partial charge is 0.293 e. The van der Waals surface area contributed by atoms with Gasteiger partial charge in [-0.3, -0.25) is 19.8 Å². The number of nitro groups is 1. The van der Waals surface area contributed by atoms with Crippen LogP contribution in [0.2, 0.25) is 5.02 Å². The van der Waals surface area contributed by atoms with Crippen LogP contribution in [-0.2, 0) is 19.5 Å². The van der Waals surface area contributed by atoms with Gasteiger partial charge >= 0.3 is 0 Å². The molecule has 2 aliphatic heterocycles. The summed E-state index contributed by atoms with van der Waals surface area (Å²) in [5.41, 5.74) is 5.29. The van der Waals surface area contributed by atoms with Gasteiger partial charge in [-0.1, -0.05) is 35.7 Å². The standard InChI is InChI=1S/C44H47ClN8O8S/c45-32-4-2-29(3-5-32)36-23-44(10-1-11-44)12-8-31(36)27-51-14-16-52(17-15-51)40-22-38(48-26-41(40)61-33-20-30-9-13-46-42(30)49-24-33)43(54)50-62(57,58)35-6-7-37(39(21-35)53(55)56)47-25-34-28-59-18-19-60-34/h2-7,9,13,20-22,24,26,34,47H,1,8,10-12,14-19,23,25,27-28H2,(H,46,49)(H,50,54)/t34-/m0/s1. The molecule has 1 amide bonds. The molecule has 2 aromatic carbocycles. The van der Waals surface area contributed by atoms with E-state index in [9.17, 15) is 23.3 Å². The van der Waals surface area contributed by atoms with Crippen LogP contribution in [0, 0.1) is 15.5 Å². The van der Waals surface area contributed by atoms with E-state index in [2.05, 4.69) is 46.9 Å². The number of benzene rings is 2. The average molecular weight is 883 g/mol. The minimum absolute atomic E-state index is 0.0989. The zero-order valence-electron chi connectivity index (χ0n) is 34.0. The Morgan fingerprint density at radius 1 is 1.02 bits per heavy atom. The number of fused-ring (bicyclic) bond motifs is 1. The van der Waals surface area contributed by atoms with E-state index in [4.69, 9.17) is 25.8 Å². The first-order chi connectivity index (χ1) is 30.0. The van der Waals surface area contributed by atoms with Gasteiger partial charge in [0.2, 0.25) is 0 Å². The van der Waals surface area contributed by atoms with E-state index < -0.39 is 31.4 Å². The molecule has 1 atom stereocenters. The molecule has 3 N–H and O–H groups in total. The van der Waals surface area contributed by atoms with Crippen molar-refractivity contribution in [1.29, 1.82) is 0 Å². The molecule has 2 aliphatic carbocycles. The first-order valence-corrected chi connectivity index (χ1v) is 22.7. The molecule has 1 saturated carbocycles. The Hall–Kier alpha value is -5.59. The summed E-state index contributed by atoms with van der Waals surface area (Å²) < 4.78 is 46.5. The van der Waals surface area contributed by atoms with E-state index in [-0.39, 0.29) is 24.0 Å². The van der Waals surface area contributed by atoms with Gasteiger partial charge < -0.3 is 29.4 Å². The molecule has 4 aliphatic rings. The van der Waals surface area contributed by atoms with Gasteiger partial charge in [0.05, 0.1) is 53.8 Å². The van der Waals surface area contributed by atoms with Gasteiger partial charge in [-0.05, 0) is 91.1 Å². The fourth-order valence-corrected chi connectivity index (χ4v) is 9.99. The molecule has 9 rings (SSSR count). The highest BCUT2D eigenvalue weighted by molar-refractivity contribution is 7.90. The molecule has 2 saturated heterocycles. The first-order valence-electron chi connectivity index (χ1n) is 20.8. The lowest BCUT2D eigenvalue weighted by molar-refractivity contribution is -0.384. The molecule has 5 aromatic rings. The summed E-state index contributed by atoms with van der Waals surface area (Å²) in [4.78, 5) is 41.0. The van der Waals surface area contributed by atoms with Gasteiger partial charge in [0.15, 0.2) is 5.75 Å². The number of carbonyl (C=O) groups is 1. The zero-order chi connectivity index (χ0) is 42.8. The molecule has 3 fully saturated rings. The molecule has 0 unspecified atom stereocenters. The van der Waals surface area contributed by atoms with Crippen LogP contribution in [-0.4, -0.2) is 104 Å². The second-order valence-corrected chi connectivity index (χ2v) is 18.5. The van der Waals surface area contributed by atoms with E-state index in [1.54, 1.807) is 12.4 Å². The van der Waals surface area contributed by atoms with Crippen LogP contribution in [0.4, 0.5) is 17.1 Å². The minimum atomic E-state index is -4.57. The van der Waals surface area contributed by atoms with Crippen molar-refractivity contribution in [3.05, 3.63) is 111 Å². The number of amides is 1. The Morgan fingerprint density at radius 2 is 1.84 bits per heavy atom. The summed E-state index contributed by atoms with van der Waals surface area (Å²) in [5, 5.41) is 16.5. The number of nitro benzene ring substituents is 1. The number of rotatable bonds is 13. The van der Waals surface area contributed by atoms with E-state index in [0.29, 0.717) is 61.2 Å². The average Bonchev–Trinajstić information content (AvgIpc) is 3.74. The van der Waals surface area contributed by atoms with Crippen molar-refractivity contribution in [2.75, 3.05) is 69.3 Å². The summed E-state index contributed by atoms with van der Waals surface area (Å²) in [7, 11) is -4.57. The van der Waals surface area contributed by atoms with Crippen LogP contribution < -0.4 is 19.7 Å². The van der Waals surface area contributed by atoms with Crippen molar-refractivity contribution >= 4 is 61.2 Å². The lowest BCUT2D eigenvalue weighted by atomic mass is 9.59. The van der Waals surface area contributed by atoms with Gasteiger partial charge in [0.25, 0.3) is 21.6 Å². The Morgan fingerprint density at radius 3 is 2.58 bits per heavy atom. The maximum Gasteiger partial charge on any atom is 0.293 e. The van der Waals surface area contributed by atoms with Crippen molar-refractivity contribution in [3.63, 3.8) is 0 Å². The van der Waals surface area contributed by atoms with Gasteiger partial charge in [-0.15, -0.1) is 0 Å².